The van der Waals surface area contributed by atoms with Crippen LogP contribution in [0.3, 0.4) is 0 Å². The lowest BCUT2D eigenvalue weighted by Crippen LogP contribution is -2.34. The van der Waals surface area contributed by atoms with Crippen LogP contribution in [-0.4, -0.2) is 43.1 Å². The Morgan fingerprint density at radius 3 is 2.76 bits per heavy atom. The molecule has 2 aromatic carbocycles. The summed E-state index contributed by atoms with van der Waals surface area (Å²) in [6.07, 6.45) is 2.67. The Bertz CT molecular complexity index is 1300. The molecule has 2 aliphatic heterocycles. The van der Waals surface area contributed by atoms with E-state index in [9.17, 15) is 13.2 Å². The highest BCUT2D eigenvalue weighted by atomic mass is 32.2. The number of amides is 1. The molecule has 172 valence electrons. The second-order valence-corrected chi connectivity index (χ2v) is 11.7. The molecule has 3 heterocycles. The Kier molecular flexibility index (Phi) is 5.72. The molecule has 1 unspecified atom stereocenters. The zero-order valence-electron chi connectivity index (χ0n) is 18.6. The quantitative estimate of drug-likeness (QED) is 0.600. The van der Waals surface area contributed by atoms with Gasteiger partial charge in [0.05, 0.1) is 17.6 Å². The number of thiazole rings is 1. The molecule has 3 aromatic rings. The van der Waals surface area contributed by atoms with E-state index in [-0.39, 0.29) is 11.9 Å². The van der Waals surface area contributed by atoms with Crippen molar-refractivity contribution < 1.29 is 13.2 Å². The van der Waals surface area contributed by atoms with Crippen LogP contribution in [0, 0.1) is 0 Å². The minimum Gasteiger partial charge on any atom is -0.298 e. The predicted octanol–water partition coefficient (Wildman–Crippen LogP) is 3.66. The van der Waals surface area contributed by atoms with Crippen molar-refractivity contribution in [3.63, 3.8) is 0 Å². The van der Waals surface area contributed by atoms with Crippen molar-refractivity contribution in [3.05, 3.63) is 75.8 Å². The monoisotopic (exact) mass is 482 g/mol. The van der Waals surface area contributed by atoms with Crippen molar-refractivity contribution in [2.45, 2.75) is 38.9 Å². The molecule has 0 bridgehead atoms. The molecule has 0 radical (unpaired) electrons. The molecular weight excluding hydrogens is 456 g/mol. The van der Waals surface area contributed by atoms with Gasteiger partial charge in [-0.3, -0.25) is 19.3 Å². The maximum Gasteiger partial charge on any atom is 0.257 e. The zero-order chi connectivity index (χ0) is 23.2. The molecule has 1 atom stereocenters. The number of anilines is 2. The van der Waals surface area contributed by atoms with Gasteiger partial charge >= 0.3 is 0 Å². The van der Waals surface area contributed by atoms with Gasteiger partial charge in [0.1, 0.15) is 0 Å². The van der Waals surface area contributed by atoms with Crippen molar-refractivity contribution in [2.24, 2.45) is 0 Å². The summed E-state index contributed by atoms with van der Waals surface area (Å²) < 4.78 is 25.7. The maximum absolute atomic E-state index is 12.9. The maximum atomic E-state index is 12.9. The Labute approximate surface area is 198 Å². The van der Waals surface area contributed by atoms with Gasteiger partial charge in [-0.15, -0.1) is 11.3 Å². The zero-order valence-corrected chi connectivity index (χ0v) is 20.2. The first-order valence-electron chi connectivity index (χ1n) is 11.0. The van der Waals surface area contributed by atoms with Gasteiger partial charge in [0.25, 0.3) is 5.91 Å². The number of benzene rings is 2. The lowest BCUT2D eigenvalue weighted by Gasteiger charge is -2.25. The molecule has 2 aliphatic rings. The lowest BCUT2D eigenvalue weighted by atomic mass is 10.1. The Morgan fingerprint density at radius 1 is 1.21 bits per heavy atom. The number of hydrogen-bond acceptors (Lipinski definition) is 6. The first-order chi connectivity index (χ1) is 15.8. The predicted molar refractivity (Wildman–Crippen MR) is 131 cm³/mol. The van der Waals surface area contributed by atoms with Crippen LogP contribution in [0.25, 0.3) is 0 Å². The van der Waals surface area contributed by atoms with Crippen LogP contribution in [0.5, 0.6) is 0 Å². The van der Waals surface area contributed by atoms with Crippen molar-refractivity contribution >= 4 is 38.1 Å². The third-order valence-corrected chi connectivity index (χ3v) is 8.40. The number of sulfonamides is 1. The molecule has 0 saturated heterocycles. The first kappa shape index (κ1) is 22.1. The molecule has 7 nitrogen and oxygen atoms in total. The molecule has 0 aliphatic carbocycles. The van der Waals surface area contributed by atoms with Crippen LogP contribution < -0.4 is 9.62 Å². The van der Waals surface area contributed by atoms with Gasteiger partial charge in [-0.25, -0.2) is 13.4 Å². The summed E-state index contributed by atoms with van der Waals surface area (Å²) in [5, 5.41) is 3.55. The molecule has 1 aromatic heterocycles. The van der Waals surface area contributed by atoms with Gasteiger partial charge in [-0.05, 0) is 42.7 Å². The van der Waals surface area contributed by atoms with Gasteiger partial charge < -0.3 is 0 Å². The van der Waals surface area contributed by atoms with E-state index in [1.807, 2.05) is 13.0 Å². The summed E-state index contributed by atoms with van der Waals surface area (Å²) in [6, 6.07) is 15.5. The number of carbonyl (C=O) groups excluding carboxylic acids is 1. The normalized spacial score (nSPS) is 18.1. The van der Waals surface area contributed by atoms with Crippen LogP contribution in [0.2, 0.25) is 0 Å². The molecule has 1 amide bonds. The van der Waals surface area contributed by atoms with E-state index in [0.717, 1.165) is 37.3 Å². The Morgan fingerprint density at radius 2 is 2.00 bits per heavy atom. The summed E-state index contributed by atoms with van der Waals surface area (Å²) in [4.78, 5) is 21.2. The van der Waals surface area contributed by atoms with Crippen molar-refractivity contribution in [2.75, 3.05) is 22.4 Å². The number of nitrogens with zero attached hydrogens (tertiary/aromatic N) is 3. The van der Waals surface area contributed by atoms with E-state index in [1.54, 1.807) is 18.2 Å². The average molecular weight is 483 g/mol. The van der Waals surface area contributed by atoms with Crippen LogP contribution in [-0.2, 0) is 36.0 Å². The standard InChI is InChI=1S/C24H26N4O3S2/c1-16-12-19-13-18(8-9-21(19)28(16)33(2,30)31)23(29)26-24-25-20-10-11-27(15-22(20)32-24)14-17-6-4-3-5-7-17/h3-9,13,16H,10-12,14-15H2,1-2H3,(H,25,26,29). The number of aromatic nitrogens is 1. The minimum atomic E-state index is -3.35. The molecule has 0 saturated carbocycles. The fourth-order valence-electron chi connectivity index (χ4n) is 4.70. The number of fused-ring (bicyclic) bond motifs is 2. The number of rotatable bonds is 5. The van der Waals surface area contributed by atoms with Gasteiger partial charge in [0.2, 0.25) is 10.0 Å². The highest BCUT2D eigenvalue weighted by molar-refractivity contribution is 7.92. The smallest absolute Gasteiger partial charge is 0.257 e. The van der Waals surface area contributed by atoms with Crippen molar-refractivity contribution in [1.29, 1.82) is 0 Å². The molecule has 0 fully saturated rings. The van der Waals surface area contributed by atoms with E-state index in [2.05, 4.69) is 39.5 Å². The SMILES string of the molecule is CC1Cc2cc(C(=O)Nc3nc4c(s3)CN(Cc3ccccc3)CC4)ccc2N1S(C)(=O)=O. The fourth-order valence-corrected chi connectivity index (χ4v) is 7.01. The second kappa shape index (κ2) is 8.55. The van der Waals surface area contributed by atoms with Crippen molar-refractivity contribution in [1.82, 2.24) is 9.88 Å². The highest BCUT2D eigenvalue weighted by Crippen LogP contribution is 2.35. The van der Waals surface area contributed by atoms with Crippen LogP contribution in [0.1, 0.15) is 39.0 Å². The molecule has 0 spiro atoms. The number of hydrogen-bond donors (Lipinski definition) is 1. The highest BCUT2D eigenvalue weighted by Gasteiger charge is 2.33. The van der Waals surface area contributed by atoms with E-state index in [4.69, 9.17) is 0 Å². The summed E-state index contributed by atoms with van der Waals surface area (Å²) in [5.74, 6) is -0.226. The van der Waals surface area contributed by atoms with E-state index >= 15 is 0 Å². The fraction of sp³-hybridized carbons (Fsp3) is 0.333. The van der Waals surface area contributed by atoms with E-state index < -0.39 is 10.0 Å². The molecule has 9 heteroatoms. The van der Waals surface area contributed by atoms with E-state index in [0.29, 0.717) is 22.8 Å². The molecular formula is C24H26N4O3S2. The molecule has 5 rings (SSSR count). The summed E-state index contributed by atoms with van der Waals surface area (Å²) in [7, 11) is -3.35. The Hall–Kier alpha value is -2.75. The van der Waals surface area contributed by atoms with Gasteiger partial charge in [-0.2, -0.15) is 0 Å². The largest absolute Gasteiger partial charge is 0.298 e. The minimum absolute atomic E-state index is 0.155. The summed E-state index contributed by atoms with van der Waals surface area (Å²) in [5.41, 5.74) is 4.39. The van der Waals surface area contributed by atoms with Gasteiger partial charge in [-0.1, -0.05) is 30.3 Å². The second-order valence-electron chi connectivity index (χ2n) is 8.74. The van der Waals surface area contributed by atoms with Crippen LogP contribution in [0.4, 0.5) is 10.8 Å². The summed E-state index contributed by atoms with van der Waals surface area (Å²) >= 11 is 1.53. The third kappa shape index (κ3) is 4.53. The Balaban J connectivity index is 1.28. The topological polar surface area (TPSA) is 82.6 Å². The van der Waals surface area contributed by atoms with Gasteiger partial charge in [0.15, 0.2) is 5.13 Å². The molecule has 33 heavy (non-hydrogen) atoms. The van der Waals surface area contributed by atoms with E-state index in [1.165, 1.54) is 32.3 Å². The van der Waals surface area contributed by atoms with Crippen LogP contribution in [0.15, 0.2) is 48.5 Å². The van der Waals surface area contributed by atoms with Crippen molar-refractivity contribution in [3.8, 4) is 0 Å². The lowest BCUT2D eigenvalue weighted by molar-refractivity contribution is 0.102. The first-order valence-corrected chi connectivity index (χ1v) is 13.6. The van der Waals surface area contributed by atoms with Gasteiger partial charge in [0, 0.05) is 42.5 Å². The summed E-state index contributed by atoms with van der Waals surface area (Å²) in [6.45, 7) is 4.55. The number of carbonyl (C=O) groups is 1. The average Bonchev–Trinajstić information content (AvgIpc) is 3.32. The van der Waals surface area contributed by atoms with Crippen LogP contribution >= 0.6 is 11.3 Å². The number of nitrogens with one attached hydrogen (secondary N) is 1. The molecule has 1 N–H and O–H groups in total. The third-order valence-electron chi connectivity index (χ3n) is 6.13.